The molecule has 1 aliphatic rings. The zero-order valence-corrected chi connectivity index (χ0v) is 12.1. The zero-order chi connectivity index (χ0) is 15.4. The number of rotatable bonds is 5. The minimum Gasteiger partial charge on any atom is -0.393 e. The van der Waals surface area contributed by atoms with E-state index >= 15 is 0 Å². The van der Waals surface area contributed by atoms with Gasteiger partial charge in [0.05, 0.1) is 12.3 Å². The Kier molecular flexibility index (Phi) is 4.39. The Hall–Kier alpha value is -2.34. The lowest BCUT2D eigenvalue weighted by Gasteiger charge is -2.38. The molecule has 0 unspecified atom stereocenters. The molecule has 1 aliphatic carbocycles. The second-order valence-corrected chi connectivity index (χ2v) is 5.58. The van der Waals surface area contributed by atoms with E-state index in [1.54, 1.807) is 6.20 Å². The van der Waals surface area contributed by atoms with Gasteiger partial charge in [-0.15, -0.1) is 0 Å². The summed E-state index contributed by atoms with van der Waals surface area (Å²) < 4.78 is 0. The van der Waals surface area contributed by atoms with Gasteiger partial charge in [0.2, 0.25) is 0 Å². The van der Waals surface area contributed by atoms with Gasteiger partial charge in [0.25, 0.3) is 5.91 Å². The van der Waals surface area contributed by atoms with Gasteiger partial charge in [0.15, 0.2) is 0 Å². The summed E-state index contributed by atoms with van der Waals surface area (Å²) in [6.07, 6.45) is 8.01. The summed E-state index contributed by atoms with van der Waals surface area (Å²) in [5.74, 6) is 0.0213. The molecule has 0 saturated heterocycles. The van der Waals surface area contributed by atoms with Crippen molar-refractivity contribution in [3.8, 4) is 0 Å². The number of hydrogen-bond acceptors (Lipinski definition) is 5. The van der Waals surface area contributed by atoms with Crippen molar-refractivity contribution in [3.05, 3.63) is 54.4 Å². The molecule has 2 aromatic heterocycles. The van der Waals surface area contributed by atoms with Gasteiger partial charge in [-0.2, -0.15) is 0 Å². The number of amides is 1. The Morgan fingerprint density at radius 3 is 2.77 bits per heavy atom. The first-order valence-electron chi connectivity index (χ1n) is 7.37. The molecule has 1 saturated carbocycles. The Balaban J connectivity index is 1.70. The molecule has 0 aliphatic heterocycles. The van der Waals surface area contributed by atoms with Gasteiger partial charge in [0, 0.05) is 36.7 Å². The Morgan fingerprint density at radius 2 is 2.14 bits per heavy atom. The van der Waals surface area contributed by atoms with Gasteiger partial charge in [0.1, 0.15) is 5.69 Å². The van der Waals surface area contributed by atoms with E-state index in [0.717, 1.165) is 5.69 Å². The second kappa shape index (κ2) is 6.62. The van der Waals surface area contributed by atoms with Crippen LogP contribution in [-0.2, 0) is 6.42 Å². The second-order valence-electron chi connectivity index (χ2n) is 5.58. The monoisotopic (exact) mass is 298 g/mol. The molecule has 1 amide bonds. The highest BCUT2D eigenvalue weighted by Gasteiger charge is 2.35. The highest BCUT2D eigenvalue weighted by Crippen LogP contribution is 2.31. The van der Waals surface area contributed by atoms with E-state index in [-0.39, 0.29) is 24.0 Å². The van der Waals surface area contributed by atoms with Crippen LogP contribution >= 0.6 is 0 Å². The lowest BCUT2D eigenvalue weighted by Crippen LogP contribution is -2.48. The van der Waals surface area contributed by atoms with Crippen LogP contribution in [-0.4, -0.2) is 38.1 Å². The van der Waals surface area contributed by atoms with Crippen molar-refractivity contribution in [1.82, 2.24) is 20.3 Å². The van der Waals surface area contributed by atoms with Crippen LogP contribution in [0.25, 0.3) is 0 Å². The molecular formula is C16H18N4O2. The molecule has 0 bridgehead atoms. The van der Waals surface area contributed by atoms with Gasteiger partial charge in [-0.3, -0.25) is 14.8 Å². The van der Waals surface area contributed by atoms with Crippen molar-refractivity contribution in [1.29, 1.82) is 0 Å². The fourth-order valence-electron chi connectivity index (χ4n) is 2.70. The smallest absolute Gasteiger partial charge is 0.271 e. The van der Waals surface area contributed by atoms with E-state index in [1.165, 1.54) is 18.6 Å². The van der Waals surface area contributed by atoms with Crippen molar-refractivity contribution < 1.29 is 9.90 Å². The lowest BCUT2D eigenvalue weighted by molar-refractivity contribution is 0.0237. The molecular weight excluding hydrogens is 280 g/mol. The number of carbonyl (C=O) groups is 1. The number of carbonyl (C=O) groups excluding carboxylic acids is 1. The molecule has 3 rings (SSSR count). The number of hydrogen-bond donors (Lipinski definition) is 2. The molecule has 2 aromatic rings. The van der Waals surface area contributed by atoms with Gasteiger partial charge in [-0.05, 0) is 30.9 Å². The Morgan fingerprint density at radius 1 is 1.27 bits per heavy atom. The molecule has 114 valence electrons. The minimum atomic E-state index is -0.260. The molecule has 0 spiro atoms. The maximum absolute atomic E-state index is 12.3. The fraction of sp³-hybridized carbons (Fsp3) is 0.375. The molecule has 0 radical (unpaired) electrons. The lowest BCUT2D eigenvalue weighted by atomic mass is 9.76. The Labute approximate surface area is 128 Å². The van der Waals surface area contributed by atoms with Crippen LogP contribution in [0.5, 0.6) is 0 Å². The third-order valence-corrected chi connectivity index (χ3v) is 3.99. The van der Waals surface area contributed by atoms with Gasteiger partial charge < -0.3 is 10.4 Å². The van der Waals surface area contributed by atoms with Crippen molar-refractivity contribution in [3.63, 3.8) is 0 Å². The minimum absolute atomic E-state index is 0.0622. The van der Waals surface area contributed by atoms with Crippen molar-refractivity contribution in [2.24, 2.45) is 5.92 Å². The van der Waals surface area contributed by atoms with Gasteiger partial charge >= 0.3 is 0 Å². The molecule has 1 fully saturated rings. The van der Waals surface area contributed by atoms with E-state index in [0.29, 0.717) is 25.0 Å². The molecule has 2 N–H and O–H groups in total. The van der Waals surface area contributed by atoms with E-state index in [4.69, 9.17) is 0 Å². The summed E-state index contributed by atoms with van der Waals surface area (Å²) >= 11 is 0. The fourth-order valence-corrected chi connectivity index (χ4v) is 2.70. The molecule has 6 nitrogen and oxygen atoms in total. The zero-order valence-electron chi connectivity index (χ0n) is 12.1. The van der Waals surface area contributed by atoms with Crippen LogP contribution in [0.1, 0.15) is 29.0 Å². The van der Waals surface area contributed by atoms with Crippen LogP contribution < -0.4 is 5.32 Å². The third-order valence-electron chi connectivity index (χ3n) is 3.99. The number of nitrogens with zero attached hydrogens (tertiary/aromatic N) is 3. The summed E-state index contributed by atoms with van der Waals surface area (Å²) in [4.78, 5) is 24.5. The molecule has 0 aromatic carbocycles. The standard InChI is InChI=1S/C16H18N4O2/c21-13-7-11(8-13)14(9-12-3-1-2-4-18-12)20-16(22)15-10-17-5-6-19-15/h1-6,10-11,13-14,21H,7-9H2,(H,20,22)/t11?,13?,14-/m0/s1. The average Bonchev–Trinajstić information content (AvgIpc) is 2.53. The van der Waals surface area contributed by atoms with E-state index in [9.17, 15) is 9.90 Å². The molecule has 2 heterocycles. The topological polar surface area (TPSA) is 88.0 Å². The quantitative estimate of drug-likeness (QED) is 0.859. The summed E-state index contributed by atoms with van der Waals surface area (Å²) in [6, 6.07) is 5.67. The number of aliphatic hydroxyl groups excluding tert-OH is 1. The summed E-state index contributed by atoms with van der Waals surface area (Å²) in [5, 5.41) is 12.5. The molecule has 6 heteroatoms. The van der Waals surface area contributed by atoms with E-state index in [1.807, 2.05) is 18.2 Å². The summed E-state index contributed by atoms with van der Waals surface area (Å²) in [7, 11) is 0. The van der Waals surface area contributed by atoms with E-state index in [2.05, 4.69) is 20.3 Å². The number of aromatic nitrogens is 3. The highest BCUT2D eigenvalue weighted by molar-refractivity contribution is 5.92. The normalized spacial score (nSPS) is 21.7. The van der Waals surface area contributed by atoms with E-state index < -0.39 is 0 Å². The average molecular weight is 298 g/mol. The van der Waals surface area contributed by atoms with Crippen LogP contribution in [0.3, 0.4) is 0 Å². The first-order valence-corrected chi connectivity index (χ1v) is 7.37. The summed E-state index contributed by atoms with van der Waals surface area (Å²) in [6.45, 7) is 0. The summed E-state index contributed by atoms with van der Waals surface area (Å²) in [5.41, 5.74) is 1.22. The predicted molar refractivity (Wildman–Crippen MR) is 80.0 cm³/mol. The van der Waals surface area contributed by atoms with Crippen molar-refractivity contribution >= 4 is 5.91 Å². The van der Waals surface area contributed by atoms with Gasteiger partial charge in [-0.1, -0.05) is 6.07 Å². The first-order chi connectivity index (χ1) is 10.7. The molecule has 22 heavy (non-hydrogen) atoms. The SMILES string of the molecule is O=C(N[C@@H](Cc1ccccn1)C1CC(O)C1)c1cnccn1. The molecule has 1 atom stereocenters. The maximum Gasteiger partial charge on any atom is 0.271 e. The Bertz CT molecular complexity index is 615. The van der Waals surface area contributed by atoms with Crippen LogP contribution in [0, 0.1) is 5.92 Å². The third kappa shape index (κ3) is 3.46. The number of nitrogens with one attached hydrogen (secondary N) is 1. The first kappa shape index (κ1) is 14.6. The van der Waals surface area contributed by atoms with Crippen molar-refractivity contribution in [2.75, 3.05) is 0 Å². The van der Waals surface area contributed by atoms with Crippen LogP contribution in [0.4, 0.5) is 0 Å². The number of aliphatic hydroxyl groups is 1. The predicted octanol–water partition coefficient (Wildman–Crippen LogP) is 0.984. The number of pyridine rings is 1. The van der Waals surface area contributed by atoms with Crippen LogP contribution in [0.15, 0.2) is 43.0 Å². The highest BCUT2D eigenvalue weighted by atomic mass is 16.3. The van der Waals surface area contributed by atoms with Crippen LogP contribution in [0.2, 0.25) is 0 Å². The van der Waals surface area contributed by atoms with Crippen molar-refractivity contribution in [2.45, 2.75) is 31.4 Å². The maximum atomic E-state index is 12.3. The van der Waals surface area contributed by atoms with Gasteiger partial charge in [-0.25, -0.2) is 4.98 Å². The largest absolute Gasteiger partial charge is 0.393 e.